The number of aliphatic hydroxyl groups is 2. The van der Waals surface area contributed by atoms with Crippen molar-refractivity contribution in [1.82, 2.24) is 30.1 Å². The van der Waals surface area contributed by atoms with E-state index in [-0.39, 0.29) is 37.4 Å². The molecule has 0 bridgehead atoms. The Kier molecular flexibility index (Phi) is 8.34. The van der Waals surface area contributed by atoms with Crippen LogP contribution in [0.1, 0.15) is 81.3 Å². The molecule has 3 fully saturated rings. The quantitative estimate of drug-likeness (QED) is 0.327. The van der Waals surface area contributed by atoms with Crippen LogP contribution < -0.4 is 5.32 Å². The van der Waals surface area contributed by atoms with E-state index in [2.05, 4.69) is 44.8 Å². The molecule has 0 radical (unpaired) electrons. The molecule has 2 saturated heterocycles. The van der Waals surface area contributed by atoms with Gasteiger partial charge in [-0.05, 0) is 35.8 Å². The predicted octanol–water partition coefficient (Wildman–Crippen LogP) is 3.05. The minimum atomic E-state index is -0.927. The lowest BCUT2D eigenvalue weighted by Crippen LogP contribution is -2.63. The summed E-state index contributed by atoms with van der Waals surface area (Å²) >= 11 is 0. The lowest BCUT2D eigenvalue weighted by Gasteiger charge is -2.50. The van der Waals surface area contributed by atoms with Gasteiger partial charge in [-0.1, -0.05) is 86.6 Å². The lowest BCUT2D eigenvalue weighted by molar-refractivity contribution is -0.144. The van der Waals surface area contributed by atoms with Gasteiger partial charge in [-0.2, -0.15) is 0 Å². The predicted molar refractivity (Wildman–Crippen MR) is 165 cm³/mol. The van der Waals surface area contributed by atoms with Crippen LogP contribution in [0.15, 0.2) is 66.9 Å². The summed E-state index contributed by atoms with van der Waals surface area (Å²) in [6.07, 6.45) is 3.80. The molecule has 10 heteroatoms. The molecule has 2 amide bonds. The van der Waals surface area contributed by atoms with E-state index in [0.29, 0.717) is 25.4 Å². The number of aromatic nitrogens is 3. The summed E-state index contributed by atoms with van der Waals surface area (Å²) < 4.78 is 1.63. The summed E-state index contributed by atoms with van der Waals surface area (Å²) in [5.74, 6) is -0.152. The zero-order valence-corrected chi connectivity index (χ0v) is 25.8. The fourth-order valence-electron chi connectivity index (χ4n) is 6.80. The lowest BCUT2D eigenvalue weighted by atomic mass is 9.85. The summed E-state index contributed by atoms with van der Waals surface area (Å²) in [5, 5.41) is 33.4. The molecule has 2 aliphatic heterocycles. The van der Waals surface area contributed by atoms with Crippen molar-refractivity contribution >= 4 is 11.8 Å². The van der Waals surface area contributed by atoms with Gasteiger partial charge < -0.3 is 20.4 Å². The van der Waals surface area contributed by atoms with Crippen molar-refractivity contribution in [3.8, 4) is 0 Å². The highest BCUT2D eigenvalue weighted by molar-refractivity contribution is 5.90. The molecule has 2 aromatic carbocycles. The average Bonchev–Trinajstić information content (AvgIpc) is 3.58. The number of nitrogens with zero attached hydrogens (tertiary/aromatic N) is 5. The Morgan fingerprint density at radius 1 is 1.02 bits per heavy atom. The van der Waals surface area contributed by atoms with Crippen LogP contribution in [0.5, 0.6) is 0 Å². The highest BCUT2D eigenvalue weighted by atomic mass is 16.3. The minimum absolute atomic E-state index is 0.0351. The third-order valence-corrected chi connectivity index (χ3v) is 9.19. The van der Waals surface area contributed by atoms with E-state index in [0.717, 1.165) is 18.5 Å². The first-order valence-corrected chi connectivity index (χ1v) is 15.8. The number of amides is 2. The number of rotatable bonds is 10. The molecule has 1 aliphatic carbocycles. The molecule has 44 heavy (non-hydrogen) atoms. The van der Waals surface area contributed by atoms with Crippen molar-refractivity contribution in [1.29, 1.82) is 0 Å². The maximum atomic E-state index is 14.0. The van der Waals surface area contributed by atoms with E-state index in [1.54, 1.807) is 4.68 Å². The number of hydrogen-bond donors (Lipinski definition) is 3. The monoisotopic (exact) mass is 600 g/mol. The average molecular weight is 601 g/mol. The third kappa shape index (κ3) is 6.43. The number of benzene rings is 2. The van der Waals surface area contributed by atoms with Gasteiger partial charge in [0.15, 0.2) is 0 Å². The van der Waals surface area contributed by atoms with E-state index in [9.17, 15) is 19.8 Å². The fraction of sp³-hybridized carbons (Fsp3) is 0.529. The van der Waals surface area contributed by atoms with Crippen molar-refractivity contribution in [2.45, 2.75) is 82.2 Å². The van der Waals surface area contributed by atoms with Crippen molar-refractivity contribution < 1.29 is 19.8 Å². The number of nitrogens with one attached hydrogen (secondary N) is 1. The van der Waals surface area contributed by atoms with Gasteiger partial charge >= 0.3 is 0 Å². The number of hydrogen-bond acceptors (Lipinski definition) is 7. The van der Waals surface area contributed by atoms with Crippen LogP contribution in [0.4, 0.5) is 0 Å². The van der Waals surface area contributed by atoms with Gasteiger partial charge in [-0.25, -0.2) is 4.68 Å². The zero-order valence-electron chi connectivity index (χ0n) is 25.8. The topological polar surface area (TPSA) is 124 Å². The maximum absolute atomic E-state index is 14.0. The third-order valence-electron chi connectivity index (χ3n) is 9.19. The summed E-state index contributed by atoms with van der Waals surface area (Å²) in [4.78, 5) is 31.1. The Morgan fingerprint density at radius 2 is 1.64 bits per heavy atom. The maximum Gasteiger partial charge on any atom is 0.248 e. The first kappa shape index (κ1) is 30.4. The Bertz CT molecular complexity index is 1410. The molecule has 1 saturated carbocycles. The largest absolute Gasteiger partial charge is 0.391 e. The van der Waals surface area contributed by atoms with E-state index < -0.39 is 29.2 Å². The van der Waals surface area contributed by atoms with Gasteiger partial charge in [0, 0.05) is 44.7 Å². The first-order chi connectivity index (χ1) is 21.0. The highest BCUT2D eigenvalue weighted by Crippen LogP contribution is 2.41. The van der Waals surface area contributed by atoms with Crippen molar-refractivity contribution in [3.63, 3.8) is 0 Å². The number of aliphatic hydroxyl groups excluding tert-OH is 1. The number of β-amino-alcohol motifs (C(OH)–C–C–N with tert-alkyl or cyclic N) is 2. The molecular formula is C34H44N6O4. The molecule has 10 nitrogen and oxygen atoms in total. The van der Waals surface area contributed by atoms with Gasteiger partial charge in [-0.3, -0.25) is 14.5 Å². The second-order valence-electron chi connectivity index (χ2n) is 14.0. The Balaban J connectivity index is 1.07. The van der Waals surface area contributed by atoms with Crippen LogP contribution in [0.2, 0.25) is 0 Å². The number of carbonyl (C=O) groups is 2. The van der Waals surface area contributed by atoms with Crippen LogP contribution in [0, 0.1) is 5.41 Å². The van der Waals surface area contributed by atoms with Gasteiger partial charge in [0.25, 0.3) is 0 Å². The minimum Gasteiger partial charge on any atom is -0.391 e. The summed E-state index contributed by atoms with van der Waals surface area (Å²) in [6.45, 7) is 7.24. The van der Waals surface area contributed by atoms with E-state index in [4.69, 9.17) is 0 Å². The van der Waals surface area contributed by atoms with Crippen molar-refractivity contribution in [2.24, 2.45) is 5.41 Å². The molecule has 3 unspecified atom stereocenters. The Labute approximate surface area is 259 Å². The van der Waals surface area contributed by atoms with E-state index in [1.807, 2.05) is 63.4 Å². The molecule has 3 atom stereocenters. The molecule has 0 spiro atoms. The summed E-state index contributed by atoms with van der Waals surface area (Å²) in [6, 6.07) is 19.1. The highest BCUT2D eigenvalue weighted by Gasteiger charge is 2.47. The van der Waals surface area contributed by atoms with Gasteiger partial charge in [0.05, 0.1) is 23.4 Å². The van der Waals surface area contributed by atoms with Gasteiger partial charge in [0.2, 0.25) is 11.8 Å². The molecule has 3 N–H and O–H groups in total. The first-order valence-electron chi connectivity index (χ1n) is 15.8. The number of likely N-dealkylation sites (tertiary alicyclic amines) is 2. The number of carbonyl (C=O) groups excluding carboxylic acids is 2. The molecule has 3 aliphatic rings. The van der Waals surface area contributed by atoms with Crippen LogP contribution in [-0.2, 0) is 9.59 Å². The molecule has 3 aromatic rings. The van der Waals surface area contributed by atoms with Crippen LogP contribution >= 0.6 is 0 Å². The van der Waals surface area contributed by atoms with Crippen molar-refractivity contribution in [3.05, 3.63) is 83.7 Å². The molecule has 234 valence electrons. The van der Waals surface area contributed by atoms with Crippen LogP contribution in [0.3, 0.4) is 0 Å². The van der Waals surface area contributed by atoms with E-state index >= 15 is 0 Å². The molecule has 3 heterocycles. The van der Waals surface area contributed by atoms with Gasteiger partial charge in [0.1, 0.15) is 12.1 Å². The molecule has 6 rings (SSSR count). The zero-order chi connectivity index (χ0) is 31.1. The fourth-order valence-corrected chi connectivity index (χ4v) is 6.80. The molecule has 1 aromatic heterocycles. The Morgan fingerprint density at radius 3 is 2.20 bits per heavy atom. The summed E-state index contributed by atoms with van der Waals surface area (Å²) in [7, 11) is 0. The second kappa shape index (κ2) is 12.1. The van der Waals surface area contributed by atoms with Crippen LogP contribution in [0.25, 0.3) is 0 Å². The molecular weight excluding hydrogens is 556 g/mol. The van der Waals surface area contributed by atoms with Gasteiger partial charge in [-0.15, -0.1) is 5.10 Å². The summed E-state index contributed by atoms with van der Waals surface area (Å²) in [5.41, 5.74) is 1.82. The smallest absolute Gasteiger partial charge is 0.248 e. The standard InChI is InChI=1S/C34H44N6O4/c1-33(2,3)30(40-20-27(36-37-40)23-14-15-23)32(43)39-19-26(41)18-28(39)31(42)35-17-16-34(44)21-38(22-34)29(24-10-6-4-7-11-24)25-12-8-5-9-13-25/h4-13,20,23,26,28-30,41,44H,14-19,21-22H2,1-3H3,(H,35,42). The van der Waals surface area contributed by atoms with Crippen LogP contribution in [-0.4, -0.2) is 90.7 Å². The van der Waals surface area contributed by atoms with E-state index in [1.165, 1.54) is 16.0 Å². The Hall–Kier alpha value is -3.60. The van der Waals surface area contributed by atoms with Crippen molar-refractivity contribution in [2.75, 3.05) is 26.2 Å². The SMILES string of the molecule is CC(C)(C)C(C(=O)N1CC(O)CC1C(=O)NCCC1(O)CN(C(c2ccccc2)c2ccccc2)C1)n1cc(C2CC2)nn1. The second-order valence-corrected chi connectivity index (χ2v) is 14.0. The normalized spacial score (nSPS) is 22.5.